The molecule has 1 rings (SSSR count). The van der Waals surface area contributed by atoms with Gasteiger partial charge in [-0.2, -0.15) is 13.2 Å². The molecule has 0 saturated heterocycles. The Labute approximate surface area is 67.9 Å². The van der Waals surface area contributed by atoms with Crippen molar-refractivity contribution in [3.05, 3.63) is 0 Å². The third-order valence-electron chi connectivity index (χ3n) is 2.41. The van der Waals surface area contributed by atoms with Gasteiger partial charge in [-0.3, -0.25) is 4.79 Å². The highest BCUT2D eigenvalue weighted by Crippen LogP contribution is 2.55. The van der Waals surface area contributed by atoms with E-state index in [-0.39, 0.29) is 18.8 Å². The number of nitrogens with two attached hydrogens (primary N) is 1. The fourth-order valence-corrected chi connectivity index (χ4v) is 1.70. The third kappa shape index (κ3) is 1.07. The summed E-state index contributed by atoms with van der Waals surface area (Å²) in [6, 6.07) is 0. The van der Waals surface area contributed by atoms with Crippen LogP contribution in [0.15, 0.2) is 0 Å². The van der Waals surface area contributed by atoms with Crippen LogP contribution in [0.1, 0.15) is 19.8 Å². The monoisotopic (exact) mass is 181 g/mol. The van der Waals surface area contributed by atoms with E-state index in [1.165, 1.54) is 0 Å². The normalized spacial score (nSPS) is 35.8. The summed E-state index contributed by atoms with van der Waals surface area (Å²) in [7, 11) is 0. The molecule has 0 spiro atoms. The molecule has 2 nitrogen and oxygen atoms in total. The summed E-state index contributed by atoms with van der Waals surface area (Å²) in [5, 5.41) is 0. The van der Waals surface area contributed by atoms with Gasteiger partial charge in [-0.05, 0) is 18.8 Å². The molecule has 1 amide bonds. The first kappa shape index (κ1) is 9.35. The number of rotatable bonds is 1. The summed E-state index contributed by atoms with van der Waals surface area (Å²) in [5.41, 5.74) is 2.49. The van der Waals surface area contributed by atoms with Gasteiger partial charge in [0, 0.05) is 0 Å². The van der Waals surface area contributed by atoms with Crippen molar-refractivity contribution in [1.29, 1.82) is 0 Å². The molecule has 0 radical (unpaired) electrons. The number of carbonyl (C=O) groups excluding carboxylic acids is 1. The first-order valence-corrected chi connectivity index (χ1v) is 3.66. The van der Waals surface area contributed by atoms with Gasteiger partial charge in [0.15, 0.2) is 0 Å². The predicted octanol–water partition coefficient (Wildman–Crippen LogP) is 1.45. The number of amides is 1. The van der Waals surface area contributed by atoms with Crippen molar-refractivity contribution in [3.8, 4) is 0 Å². The molecule has 1 fully saturated rings. The highest BCUT2D eigenvalue weighted by Gasteiger charge is 2.64. The first-order chi connectivity index (χ1) is 5.29. The van der Waals surface area contributed by atoms with Crippen molar-refractivity contribution in [1.82, 2.24) is 0 Å². The van der Waals surface area contributed by atoms with Crippen molar-refractivity contribution in [2.24, 2.45) is 17.1 Å². The van der Waals surface area contributed by atoms with Crippen molar-refractivity contribution in [2.45, 2.75) is 25.9 Å². The fourth-order valence-electron chi connectivity index (χ4n) is 1.70. The van der Waals surface area contributed by atoms with E-state index in [0.29, 0.717) is 0 Å². The molecular weight excluding hydrogens is 171 g/mol. The summed E-state index contributed by atoms with van der Waals surface area (Å²) < 4.78 is 36.8. The Morgan fingerprint density at radius 1 is 1.50 bits per heavy atom. The Hall–Kier alpha value is -0.740. The summed E-state index contributed by atoms with van der Waals surface area (Å²) in [4.78, 5) is 10.6. The van der Waals surface area contributed by atoms with Gasteiger partial charge in [-0.25, -0.2) is 0 Å². The maximum atomic E-state index is 12.3. The highest BCUT2D eigenvalue weighted by molar-refractivity contribution is 5.82. The molecule has 1 aliphatic rings. The number of hydrogen-bond donors (Lipinski definition) is 1. The van der Waals surface area contributed by atoms with Crippen LogP contribution in [0.3, 0.4) is 0 Å². The molecule has 0 aliphatic heterocycles. The van der Waals surface area contributed by atoms with Crippen LogP contribution in [0.4, 0.5) is 13.2 Å². The van der Waals surface area contributed by atoms with E-state index in [4.69, 9.17) is 5.73 Å². The molecule has 5 heteroatoms. The molecule has 1 aliphatic carbocycles. The molecule has 0 atom stereocenters. The van der Waals surface area contributed by atoms with E-state index >= 15 is 0 Å². The van der Waals surface area contributed by atoms with Gasteiger partial charge in [0.25, 0.3) is 0 Å². The molecule has 0 heterocycles. The van der Waals surface area contributed by atoms with Gasteiger partial charge >= 0.3 is 6.18 Å². The minimum atomic E-state index is -4.48. The molecular formula is C7H10F3NO. The number of halogens is 3. The summed E-state index contributed by atoms with van der Waals surface area (Å²) in [5.74, 6) is -1.30. The minimum Gasteiger partial charge on any atom is -0.369 e. The standard InChI is InChI=1S/C7H10F3NO/c1-4-2-6(3-4,5(11)12)7(8,9)10/h4H,2-3H2,1H3,(H2,11,12). The first-order valence-electron chi connectivity index (χ1n) is 3.66. The topological polar surface area (TPSA) is 43.1 Å². The van der Waals surface area contributed by atoms with Gasteiger partial charge in [-0.15, -0.1) is 0 Å². The Kier molecular flexibility index (Phi) is 1.85. The van der Waals surface area contributed by atoms with E-state index in [0.717, 1.165) is 0 Å². The van der Waals surface area contributed by atoms with Crippen LogP contribution in [0.5, 0.6) is 0 Å². The molecule has 0 aromatic rings. The van der Waals surface area contributed by atoms with Crippen LogP contribution in [0.25, 0.3) is 0 Å². The largest absolute Gasteiger partial charge is 0.403 e. The predicted molar refractivity (Wildman–Crippen MR) is 36.1 cm³/mol. The Balaban J connectivity index is 2.84. The van der Waals surface area contributed by atoms with Crippen LogP contribution in [-0.2, 0) is 4.79 Å². The summed E-state index contributed by atoms with van der Waals surface area (Å²) in [6.45, 7) is 1.67. The average molecular weight is 181 g/mol. The Bertz CT molecular complexity index is 205. The van der Waals surface area contributed by atoms with E-state index in [1.54, 1.807) is 6.92 Å². The van der Waals surface area contributed by atoms with E-state index in [1.807, 2.05) is 0 Å². The summed E-state index contributed by atoms with van der Waals surface area (Å²) in [6.07, 6.45) is -4.80. The van der Waals surface area contributed by atoms with Gasteiger partial charge in [-0.1, -0.05) is 6.92 Å². The van der Waals surface area contributed by atoms with Crippen LogP contribution < -0.4 is 5.73 Å². The van der Waals surface area contributed by atoms with Gasteiger partial charge in [0.05, 0.1) is 0 Å². The van der Waals surface area contributed by atoms with Crippen molar-refractivity contribution >= 4 is 5.91 Å². The van der Waals surface area contributed by atoms with Gasteiger partial charge in [0.1, 0.15) is 5.41 Å². The van der Waals surface area contributed by atoms with Crippen LogP contribution in [-0.4, -0.2) is 12.1 Å². The number of primary amides is 1. The lowest BCUT2D eigenvalue weighted by Gasteiger charge is -2.44. The number of alkyl halides is 3. The third-order valence-corrected chi connectivity index (χ3v) is 2.41. The second-order valence-corrected chi connectivity index (χ2v) is 3.46. The van der Waals surface area contributed by atoms with E-state index in [9.17, 15) is 18.0 Å². The fraction of sp³-hybridized carbons (Fsp3) is 0.857. The van der Waals surface area contributed by atoms with Gasteiger partial charge < -0.3 is 5.73 Å². The van der Waals surface area contributed by atoms with Crippen LogP contribution in [0.2, 0.25) is 0 Å². The SMILES string of the molecule is CC1CC(C(N)=O)(C(F)(F)F)C1. The number of hydrogen-bond acceptors (Lipinski definition) is 1. The smallest absolute Gasteiger partial charge is 0.369 e. The quantitative estimate of drug-likeness (QED) is 0.653. The van der Waals surface area contributed by atoms with Crippen molar-refractivity contribution in [2.75, 3.05) is 0 Å². The molecule has 1 saturated carbocycles. The van der Waals surface area contributed by atoms with Crippen LogP contribution >= 0.6 is 0 Å². The second-order valence-electron chi connectivity index (χ2n) is 3.46. The molecule has 12 heavy (non-hydrogen) atoms. The minimum absolute atomic E-state index is 0.0564. The Morgan fingerprint density at radius 3 is 2.00 bits per heavy atom. The van der Waals surface area contributed by atoms with Gasteiger partial charge in [0.2, 0.25) is 5.91 Å². The average Bonchev–Trinajstić information content (AvgIpc) is 1.76. The molecule has 0 aromatic carbocycles. The zero-order valence-corrected chi connectivity index (χ0v) is 6.61. The van der Waals surface area contributed by atoms with Crippen molar-refractivity contribution in [3.63, 3.8) is 0 Å². The summed E-state index contributed by atoms with van der Waals surface area (Å²) >= 11 is 0. The maximum Gasteiger partial charge on any atom is 0.403 e. The van der Waals surface area contributed by atoms with E-state index < -0.39 is 17.5 Å². The molecule has 0 aromatic heterocycles. The van der Waals surface area contributed by atoms with Crippen molar-refractivity contribution < 1.29 is 18.0 Å². The second kappa shape index (κ2) is 2.37. The Morgan fingerprint density at radius 2 is 1.92 bits per heavy atom. The lowest BCUT2D eigenvalue weighted by Crippen LogP contribution is -2.56. The lowest BCUT2D eigenvalue weighted by atomic mass is 9.61. The molecule has 70 valence electrons. The van der Waals surface area contributed by atoms with Crippen LogP contribution in [0, 0.1) is 11.3 Å². The maximum absolute atomic E-state index is 12.3. The zero-order valence-electron chi connectivity index (χ0n) is 6.61. The lowest BCUT2D eigenvalue weighted by molar-refractivity contribution is -0.251. The highest BCUT2D eigenvalue weighted by atomic mass is 19.4. The molecule has 2 N–H and O–H groups in total. The van der Waals surface area contributed by atoms with E-state index in [2.05, 4.69) is 0 Å². The zero-order chi connectivity index (χ0) is 9.57. The molecule has 0 bridgehead atoms. The number of carbonyl (C=O) groups is 1. The molecule has 0 unspecified atom stereocenters.